The number of carbonyl (C=O) groups excluding carboxylic acids is 1. The molecular weight excluding hydrogens is 370 g/mol. The predicted octanol–water partition coefficient (Wildman–Crippen LogP) is 4.87. The van der Waals surface area contributed by atoms with Crippen molar-refractivity contribution >= 4 is 22.6 Å². The summed E-state index contributed by atoms with van der Waals surface area (Å²) in [6.07, 6.45) is 2.16. The molecule has 1 saturated heterocycles. The molecule has 1 aliphatic heterocycles. The third kappa shape index (κ3) is 4.07. The van der Waals surface area contributed by atoms with Crippen molar-refractivity contribution in [3.05, 3.63) is 53.3 Å². The minimum Gasteiger partial charge on any atom is -0.497 e. The highest BCUT2D eigenvalue weighted by Gasteiger charge is 2.21. The maximum atomic E-state index is 12.9. The van der Waals surface area contributed by atoms with Gasteiger partial charge in [-0.1, -0.05) is 6.07 Å². The van der Waals surface area contributed by atoms with Gasteiger partial charge in [-0.15, -0.1) is 0 Å². The molecular formula is C23H25NO5. The third-order valence-electron chi connectivity index (χ3n) is 5.18. The molecule has 3 aromatic rings. The second-order valence-corrected chi connectivity index (χ2v) is 7.32. The number of furan rings is 1. The normalized spacial score (nSPS) is 16.2. The van der Waals surface area contributed by atoms with E-state index in [-0.39, 0.29) is 17.8 Å². The van der Waals surface area contributed by atoms with Crippen LogP contribution in [0.1, 0.15) is 34.5 Å². The molecule has 6 nitrogen and oxygen atoms in total. The van der Waals surface area contributed by atoms with Gasteiger partial charge in [-0.05, 0) is 62.6 Å². The lowest BCUT2D eigenvalue weighted by molar-refractivity contribution is 0.0681. The number of nitrogens with one attached hydrogen (secondary N) is 1. The summed E-state index contributed by atoms with van der Waals surface area (Å²) in [4.78, 5) is 12.9. The molecule has 0 saturated carbocycles. The van der Waals surface area contributed by atoms with Crippen LogP contribution < -0.4 is 14.8 Å². The molecule has 0 bridgehead atoms. The minimum absolute atomic E-state index is 0.103. The van der Waals surface area contributed by atoms with Crippen LogP contribution in [0.5, 0.6) is 11.5 Å². The SMILES string of the molecule is COc1ccc2oc(C(=O)Nc3ccc(C)cc3OCC3CCCO3)c(C)c2c1. The Morgan fingerprint density at radius 1 is 1.21 bits per heavy atom. The average molecular weight is 395 g/mol. The smallest absolute Gasteiger partial charge is 0.291 e. The summed E-state index contributed by atoms with van der Waals surface area (Å²) in [5, 5.41) is 3.78. The van der Waals surface area contributed by atoms with Gasteiger partial charge in [0.15, 0.2) is 5.76 Å². The van der Waals surface area contributed by atoms with E-state index in [0.717, 1.165) is 41.7 Å². The van der Waals surface area contributed by atoms with E-state index in [1.54, 1.807) is 13.2 Å². The third-order valence-corrected chi connectivity index (χ3v) is 5.18. The molecule has 4 rings (SSSR count). The molecule has 1 aromatic heterocycles. The van der Waals surface area contributed by atoms with Gasteiger partial charge in [0.25, 0.3) is 5.91 Å². The van der Waals surface area contributed by atoms with Crippen LogP contribution in [0.15, 0.2) is 40.8 Å². The number of fused-ring (bicyclic) bond motifs is 1. The molecule has 29 heavy (non-hydrogen) atoms. The fourth-order valence-electron chi connectivity index (χ4n) is 3.53. The molecule has 2 heterocycles. The quantitative estimate of drug-likeness (QED) is 0.645. The van der Waals surface area contributed by atoms with E-state index < -0.39 is 0 Å². The summed E-state index contributed by atoms with van der Waals surface area (Å²) in [6.45, 7) is 5.10. The summed E-state index contributed by atoms with van der Waals surface area (Å²) in [5.41, 5.74) is 3.07. The van der Waals surface area contributed by atoms with Gasteiger partial charge < -0.3 is 23.9 Å². The van der Waals surface area contributed by atoms with Crippen LogP contribution in [0, 0.1) is 13.8 Å². The number of hydrogen-bond acceptors (Lipinski definition) is 5. The zero-order chi connectivity index (χ0) is 20.4. The van der Waals surface area contributed by atoms with E-state index in [0.29, 0.717) is 23.6 Å². The summed E-state index contributed by atoms with van der Waals surface area (Å²) < 4.78 is 22.7. The Morgan fingerprint density at radius 2 is 2.07 bits per heavy atom. The molecule has 1 aliphatic rings. The molecule has 6 heteroatoms. The van der Waals surface area contributed by atoms with Gasteiger partial charge in [-0.2, -0.15) is 0 Å². The van der Waals surface area contributed by atoms with Gasteiger partial charge in [-0.3, -0.25) is 4.79 Å². The molecule has 0 spiro atoms. The van der Waals surface area contributed by atoms with Crippen LogP contribution in [0.2, 0.25) is 0 Å². The van der Waals surface area contributed by atoms with E-state index in [1.165, 1.54) is 0 Å². The van der Waals surface area contributed by atoms with Crippen LogP contribution in [-0.2, 0) is 4.74 Å². The largest absolute Gasteiger partial charge is 0.497 e. The van der Waals surface area contributed by atoms with Crippen LogP contribution in [0.4, 0.5) is 5.69 Å². The van der Waals surface area contributed by atoms with Gasteiger partial charge in [0, 0.05) is 17.6 Å². The first-order valence-corrected chi connectivity index (χ1v) is 9.78. The number of benzene rings is 2. The van der Waals surface area contributed by atoms with E-state index in [2.05, 4.69) is 5.32 Å². The Kier molecular flexibility index (Phi) is 5.45. The van der Waals surface area contributed by atoms with Crippen molar-refractivity contribution in [2.24, 2.45) is 0 Å². The Bertz CT molecular complexity index is 1030. The van der Waals surface area contributed by atoms with E-state index >= 15 is 0 Å². The van der Waals surface area contributed by atoms with Crippen LogP contribution in [0.25, 0.3) is 11.0 Å². The van der Waals surface area contributed by atoms with Crippen molar-refractivity contribution in [1.29, 1.82) is 0 Å². The van der Waals surface area contributed by atoms with E-state index in [1.807, 2.05) is 44.2 Å². The van der Waals surface area contributed by atoms with Crippen molar-refractivity contribution in [3.8, 4) is 11.5 Å². The van der Waals surface area contributed by atoms with Gasteiger partial charge in [0.05, 0.1) is 18.9 Å². The van der Waals surface area contributed by atoms with E-state index in [4.69, 9.17) is 18.6 Å². The fraction of sp³-hybridized carbons (Fsp3) is 0.348. The predicted molar refractivity (Wildman–Crippen MR) is 111 cm³/mol. The standard InChI is InChI=1S/C23H25NO5/c1-14-6-8-19(21(11-14)28-13-17-5-4-10-27-17)24-23(25)22-15(2)18-12-16(26-3)7-9-20(18)29-22/h6-9,11-12,17H,4-5,10,13H2,1-3H3,(H,24,25). The maximum Gasteiger partial charge on any atom is 0.291 e. The Balaban J connectivity index is 1.56. The van der Waals surface area contributed by atoms with Crippen LogP contribution in [-0.4, -0.2) is 32.3 Å². The number of hydrogen-bond donors (Lipinski definition) is 1. The second-order valence-electron chi connectivity index (χ2n) is 7.32. The number of carbonyl (C=O) groups is 1. The zero-order valence-corrected chi connectivity index (χ0v) is 16.9. The number of anilines is 1. The van der Waals surface area contributed by atoms with Gasteiger partial charge in [0.2, 0.25) is 0 Å². The topological polar surface area (TPSA) is 69.9 Å². The Morgan fingerprint density at radius 3 is 2.83 bits per heavy atom. The highest BCUT2D eigenvalue weighted by atomic mass is 16.5. The van der Waals surface area contributed by atoms with Crippen molar-refractivity contribution < 1.29 is 23.4 Å². The van der Waals surface area contributed by atoms with Crippen molar-refractivity contribution in [3.63, 3.8) is 0 Å². The molecule has 1 N–H and O–H groups in total. The van der Waals surface area contributed by atoms with Crippen molar-refractivity contribution in [2.75, 3.05) is 25.6 Å². The lowest BCUT2D eigenvalue weighted by Gasteiger charge is -2.15. The van der Waals surface area contributed by atoms with Crippen LogP contribution >= 0.6 is 0 Å². The summed E-state index contributed by atoms with van der Waals surface area (Å²) in [7, 11) is 1.61. The first-order chi connectivity index (χ1) is 14.0. The number of ether oxygens (including phenoxy) is 3. The molecule has 0 aliphatic carbocycles. The summed E-state index contributed by atoms with van der Waals surface area (Å²) >= 11 is 0. The molecule has 1 unspecified atom stereocenters. The van der Waals surface area contributed by atoms with Gasteiger partial charge >= 0.3 is 0 Å². The van der Waals surface area contributed by atoms with Gasteiger partial charge in [0.1, 0.15) is 23.7 Å². The number of methoxy groups -OCH3 is 1. The number of amides is 1. The van der Waals surface area contributed by atoms with E-state index in [9.17, 15) is 4.79 Å². The summed E-state index contributed by atoms with van der Waals surface area (Å²) in [6, 6.07) is 11.2. The molecule has 1 atom stereocenters. The van der Waals surface area contributed by atoms with Crippen molar-refractivity contribution in [1.82, 2.24) is 0 Å². The Labute approximate surface area is 169 Å². The first kappa shape index (κ1) is 19.3. The molecule has 152 valence electrons. The zero-order valence-electron chi connectivity index (χ0n) is 16.9. The Hall–Kier alpha value is -2.99. The van der Waals surface area contributed by atoms with Gasteiger partial charge in [-0.25, -0.2) is 0 Å². The second kappa shape index (κ2) is 8.17. The van der Waals surface area contributed by atoms with Crippen LogP contribution in [0.3, 0.4) is 0 Å². The number of aryl methyl sites for hydroxylation is 2. The lowest BCUT2D eigenvalue weighted by Crippen LogP contribution is -2.18. The fourth-order valence-corrected chi connectivity index (χ4v) is 3.53. The monoisotopic (exact) mass is 395 g/mol. The molecule has 1 amide bonds. The lowest BCUT2D eigenvalue weighted by atomic mass is 10.1. The maximum absolute atomic E-state index is 12.9. The van der Waals surface area contributed by atoms with Crippen molar-refractivity contribution in [2.45, 2.75) is 32.8 Å². The number of rotatable bonds is 6. The average Bonchev–Trinajstić information content (AvgIpc) is 3.36. The minimum atomic E-state index is -0.316. The first-order valence-electron chi connectivity index (χ1n) is 9.78. The highest BCUT2D eigenvalue weighted by Crippen LogP contribution is 2.31. The highest BCUT2D eigenvalue weighted by molar-refractivity contribution is 6.07. The molecule has 1 fully saturated rings. The summed E-state index contributed by atoms with van der Waals surface area (Å²) in [5.74, 6) is 1.31. The molecule has 0 radical (unpaired) electrons. The molecule has 2 aromatic carbocycles.